The predicted molar refractivity (Wildman–Crippen MR) is 111 cm³/mol. The lowest BCUT2D eigenvalue weighted by Gasteiger charge is -2.28. The first-order valence-electron chi connectivity index (χ1n) is 10.00. The largest absolute Gasteiger partial charge is 0.373 e. The van der Waals surface area contributed by atoms with Crippen molar-refractivity contribution in [3.63, 3.8) is 0 Å². The maximum absolute atomic E-state index is 14.3. The number of halogens is 2. The predicted octanol–water partition coefficient (Wildman–Crippen LogP) is 7.18. The summed E-state index contributed by atoms with van der Waals surface area (Å²) in [4.78, 5) is 0. The summed E-state index contributed by atoms with van der Waals surface area (Å²) in [6, 6.07) is 10.9. The Labute approximate surface area is 166 Å². The van der Waals surface area contributed by atoms with Gasteiger partial charge >= 0.3 is 0 Å². The Morgan fingerprint density at radius 3 is 2.11 bits per heavy atom. The van der Waals surface area contributed by atoms with Gasteiger partial charge in [-0.25, -0.2) is 8.78 Å². The van der Waals surface area contributed by atoms with Crippen LogP contribution in [0, 0.1) is 17.6 Å². The van der Waals surface area contributed by atoms with E-state index in [4.69, 9.17) is 4.74 Å². The molecule has 0 aromatic heterocycles. The van der Waals surface area contributed by atoms with Gasteiger partial charge in [0.25, 0.3) is 0 Å². The van der Waals surface area contributed by atoms with Gasteiger partial charge < -0.3 is 4.74 Å². The van der Waals surface area contributed by atoms with E-state index in [1.54, 1.807) is 6.08 Å². The van der Waals surface area contributed by atoms with E-state index in [-0.39, 0.29) is 18.8 Å². The van der Waals surface area contributed by atoms with Crippen molar-refractivity contribution in [3.05, 3.63) is 84.5 Å². The zero-order valence-electron chi connectivity index (χ0n) is 16.3. The molecule has 0 unspecified atom stereocenters. The van der Waals surface area contributed by atoms with Gasteiger partial charge in [0.05, 0.1) is 13.2 Å². The normalized spacial score (nSPS) is 19.4. The van der Waals surface area contributed by atoms with Gasteiger partial charge in [-0.1, -0.05) is 36.4 Å². The van der Waals surface area contributed by atoms with E-state index in [2.05, 4.69) is 25.3 Å². The van der Waals surface area contributed by atoms with E-state index in [0.717, 1.165) is 17.9 Å². The number of hydrogen-bond acceptors (Lipinski definition) is 1. The number of rotatable bonds is 8. The molecular weight excluding hydrogens is 354 g/mol. The number of ether oxygens (including phenoxy) is 1. The van der Waals surface area contributed by atoms with Crippen molar-refractivity contribution in [3.8, 4) is 11.1 Å². The third kappa shape index (κ3) is 4.96. The molecule has 0 saturated heterocycles. The fourth-order valence-electron chi connectivity index (χ4n) is 4.07. The Morgan fingerprint density at radius 1 is 0.893 bits per heavy atom. The van der Waals surface area contributed by atoms with Gasteiger partial charge in [0.15, 0.2) is 0 Å². The minimum Gasteiger partial charge on any atom is -0.373 e. The molecule has 0 bridgehead atoms. The van der Waals surface area contributed by atoms with Crippen LogP contribution in [0.3, 0.4) is 0 Å². The summed E-state index contributed by atoms with van der Waals surface area (Å²) in [5.41, 5.74) is 2.64. The lowest BCUT2D eigenvalue weighted by atomic mass is 9.77. The SMILES string of the molecule is C=CCOCc1c(F)cc(-c2ccc(C3CCC(CC=C)CC3)cc2)cc1F. The molecule has 0 radical (unpaired) electrons. The second-order valence-electron chi connectivity index (χ2n) is 7.59. The molecule has 0 atom stereocenters. The lowest BCUT2D eigenvalue weighted by molar-refractivity contribution is 0.143. The van der Waals surface area contributed by atoms with Gasteiger partial charge in [0.2, 0.25) is 0 Å². The standard InChI is InChI=1S/C25H28F2O/c1-3-5-18-6-8-19(9-7-18)20-10-12-21(13-11-20)22-15-24(26)23(25(27)16-22)17-28-14-4-2/h3-4,10-13,15-16,18-19H,1-2,5-9,14,17H2. The fourth-order valence-corrected chi connectivity index (χ4v) is 4.07. The minimum absolute atomic E-state index is 0.0431. The molecule has 0 N–H and O–H groups in total. The molecule has 1 aliphatic rings. The van der Waals surface area contributed by atoms with Crippen molar-refractivity contribution in [2.24, 2.45) is 5.92 Å². The van der Waals surface area contributed by atoms with Crippen LogP contribution in [0.25, 0.3) is 11.1 Å². The van der Waals surface area contributed by atoms with Crippen LogP contribution in [0.5, 0.6) is 0 Å². The van der Waals surface area contributed by atoms with Crippen LogP contribution in [-0.4, -0.2) is 6.61 Å². The van der Waals surface area contributed by atoms with Crippen molar-refractivity contribution >= 4 is 0 Å². The zero-order chi connectivity index (χ0) is 19.9. The van der Waals surface area contributed by atoms with E-state index >= 15 is 0 Å². The van der Waals surface area contributed by atoms with E-state index in [1.807, 2.05) is 18.2 Å². The number of allylic oxidation sites excluding steroid dienone is 1. The molecule has 0 aliphatic heterocycles. The van der Waals surface area contributed by atoms with Crippen molar-refractivity contribution < 1.29 is 13.5 Å². The Bertz CT molecular complexity index is 779. The molecule has 1 nitrogen and oxygen atoms in total. The van der Waals surface area contributed by atoms with Crippen molar-refractivity contribution in [1.29, 1.82) is 0 Å². The lowest BCUT2D eigenvalue weighted by Crippen LogP contribution is -2.12. The molecule has 1 fully saturated rings. The first-order chi connectivity index (χ1) is 13.6. The zero-order valence-corrected chi connectivity index (χ0v) is 16.3. The highest BCUT2D eigenvalue weighted by atomic mass is 19.1. The van der Waals surface area contributed by atoms with E-state index < -0.39 is 11.6 Å². The van der Waals surface area contributed by atoms with Gasteiger partial charge in [0.1, 0.15) is 11.6 Å². The van der Waals surface area contributed by atoms with E-state index in [9.17, 15) is 8.78 Å². The van der Waals surface area contributed by atoms with Gasteiger partial charge in [-0.15, -0.1) is 13.2 Å². The molecule has 2 aromatic rings. The second-order valence-corrected chi connectivity index (χ2v) is 7.59. The van der Waals surface area contributed by atoms with Crippen molar-refractivity contribution in [2.45, 2.75) is 44.6 Å². The average Bonchev–Trinajstić information content (AvgIpc) is 2.71. The fraction of sp³-hybridized carbons (Fsp3) is 0.360. The van der Waals surface area contributed by atoms with Crippen molar-refractivity contribution in [1.82, 2.24) is 0 Å². The molecule has 0 spiro atoms. The first kappa shape index (κ1) is 20.5. The third-order valence-corrected chi connectivity index (χ3v) is 5.69. The minimum atomic E-state index is -0.580. The van der Waals surface area contributed by atoms with Crippen LogP contribution < -0.4 is 0 Å². The molecule has 0 heterocycles. The Morgan fingerprint density at radius 2 is 1.54 bits per heavy atom. The highest BCUT2D eigenvalue weighted by molar-refractivity contribution is 5.64. The van der Waals surface area contributed by atoms with Crippen LogP contribution in [-0.2, 0) is 11.3 Å². The summed E-state index contributed by atoms with van der Waals surface area (Å²) in [5, 5.41) is 0. The third-order valence-electron chi connectivity index (χ3n) is 5.69. The highest BCUT2D eigenvalue weighted by Gasteiger charge is 2.21. The van der Waals surface area contributed by atoms with E-state index in [0.29, 0.717) is 11.5 Å². The number of benzene rings is 2. The molecule has 0 amide bonds. The van der Waals surface area contributed by atoms with Crippen LogP contribution in [0.4, 0.5) is 8.78 Å². The van der Waals surface area contributed by atoms with E-state index in [1.165, 1.54) is 43.4 Å². The topological polar surface area (TPSA) is 9.23 Å². The van der Waals surface area contributed by atoms with Crippen LogP contribution in [0.15, 0.2) is 61.7 Å². The maximum Gasteiger partial charge on any atom is 0.132 e. The molecule has 2 aromatic carbocycles. The molecule has 28 heavy (non-hydrogen) atoms. The molecule has 148 valence electrons. The van der Waals surface area contributed by atoms with Gasteiger partial charge in [0, 0.05) is 5.56 Å². The second kappa shape index (κ2) is 9.79. The van der Waals surface area contributed by atoms with Crippen LogP contribution in [0.1, 0.15) is 49.1 Å². The quantitative estimate of drug-likeness (QED) is 0.347. The Balaban J connectivity index is 1.69. The maximum atomic E-state index is 14.3. The van der Waals surface area contributed by atoms with Gasteiger partial charge in [-0.3, -0.25) is 0 Å². The van der Waals surface area contributed by atoms with Gasteiger partial charge in [-0.05, 0) is 72.8 Å². The van der Waals surface area contributed by atoms with Gasteiger partial charge in [-0.2, -0.15) is 0 Å². The van der Waals surface area contributed by atoms with Crippen molar-refractivity contribution in [2.75, 3.05) is 6.61 Å². The number of hydrogen-bond donors (Lipinski definition) is 0. The summed E-state index contributed by atoms with van der Waals surface area (Å²) < 4.78 is 33.9. The molecule has 1 saturated carbocycles. The summed E-state index contributed by atoms with van der Waals surface area (Å²) >= 11 is 0. The average molecular weight is 382 g/mol. The Hall–Kier alpha value is -2.26. The molecule has 3 heteroatoms. The summed E-state index contributed by atoms with van der Waals surface area (Å²) in [5.74, 6) is 0.188. The smallest absolute Gasteiger partial charge is 0.132 e. The van der Waals surface area contributed by atoms with Crippen LogP contribution in [0.2, 0.25) is 0 Å². The monoisotopic (exact) mass is 382 g/mol. The van der Waals surface area contributed by atoms with Crippen LogP contribution >= 0.6 is 0 Å². The summed E-state index contributed by atoms with van der Waals surface area (Å²) in [6.07, 6.45) is 9.56. The molecule has 1 aliphatic carbocycles. The summed E-state index contributed by atoms with van der Waals surface area (Å²) in [6.45, 7) is 7.53. The summed E-state index contributed by atoms with van der Waals surface area (Å²) in [7, 11) is 0. The highest BCUT2D eigenvalue weighted by Crippen LogP contribution is 2.37. The molecular formula is C25H28F2O. The Kier molecular flexibility index (Phi) is 7.16. The first-order valence-corrected chi connectivity index (χ1v) is 10.00. The molecule has 3 rings (SSSR count).